The van der Waals surface area contributed by atoms with E-state index in [1.54, 1.807) is 17.0 Å². The van der Waals surface area contributed by atoms with Crippen LogP contribution in [0.15, 0.2) is 36.4 Å². The number of nitro groups is 1. The van der Waals surface area contributed by atoms with Crippen molar-refractivity contribution in [3.63, 3.8) is 0 Å². The number of carbonyl (C=O) groups excluding carboxylic acids is 1. The molecule has 8 heteroatoms. The zero-order chi connectivity index (χ0) is 16.4. The molecular formula is C15H15N3O4S. The molecule has 1 aromatic heterocycles. The number of nitrogens with zero attached hydrogens (tertiary/aromatic N) is 3. The molecule has 0 atom stereocenters. The Balaban J connectivity index is 1.65. The Bertz CT molecular complexity index is 738. The van der Waals surface area contributed by atoms with Gasteiger partial charge in [-0.25, -0.2) is 0 Å². The van der Waals surface area contributed by atoms with Crippen molar-refractivity contribution in [1.29, 1.82) is 0 Å². The fourth-order valence-electron chi connectivity index (χ4n) is 2.58. The maximum absolute atomic E-state index is 12.4. The van der Waals surface area contributed by atoms with Gasteiger partial charge in [0.15, 0.2) is 0 Å². The summed E-state index contributed by atoms with van der Waals surface area (Å²) in [4.78, 5) is 26.7. The quantitative estimate of drug-likeness (QED) is 0.688. The van der Waals surface area contributed by atoms with E-state index in [9.17, 15) is 20.0 Å². The number of rotatable bonds is 3. The Kier molecular flexibility index (Phi) is 4.16. The van der Waals surface area contributed by atoms with Gasteiger partial charge in [-0.3, -0.25) is 14.9 Å². The van der Waals surface area contributed by atoms with Crippen molar-refractivity contribution in [3.05, 3.63) is 51.4 Å². The average Bonchev–Trinajstić information content (AvgIpc) is 3.05. The highest BCUT2D eigenvalue weighted by molar-refractivity contribution is 7.17. The van der Waals surface area contributed by atoms with Crippen molar-refractivity contribution in [2.24, 2.45) is 0 Å². The number of piperazine rings is 1. The Labute approximate surface area is 136 Å². The zero-order valence-electron chi connectivity index (χ0n) is 12.2. The van der Waals surface area contributed by atoms with Crippen LogP contribution < -0.4 is 4.90 Å². The molecule has 7 nitrogen and oxygen atoms in total. The second-order valence-corrected chi connectivity index (χ2v) is 6.23. The summed E-state index contributed by atoms with van der Waals surface area (Å²) in [6, 6.07) is 9.96. The van der Waals surface area contributed by atoms with Gasteiger partial charge < -0.3 is 14.9 Å². The maximum Gasteiger partial charge on any atom is 0.324 e. The zero-order valence-corrected chi connectivity index (χ0v) is 13.0. The second-order valence-electron chi connectivity index (χ2n) is 5.16. The van der Waals surface area contributed by atoms with Crippen LogP contribution in [-0.4, -0.2) is 47.0 Å². The first-order valence-electron chi connectivity index (χ1n) is 7.12. The Hall–Kier alpha value is -2.61. The third kappa shape index (κ3) is 3.11. The van der Waals surface area contributed by atoms with Gasteiger partial charge in [-0.1, -0.05) is 23.5 Å². The van der Waals surface area contributed by atoms with Crippen LogP contribution in [0.25, 0.3) is 0 Å². The van der Waals surface area contributed by atoms with E-state index in [2.05, 4.69) is 0 Å². The van der Waals surface area contributed by atoms with E-state index >= 15 is 0 Å². The lowest BCUT2D eigenvalue weighted by Gasteiger charge is -2.36. The summed E-state index contributed by atoms with van der Waals surface area (Å²) in [7, 11) is 0. The number of hydrogen-bond acceptors (Lipinski definition) is 6. The van der Waals surface area contributed by atoms with E-state index < -0.39 is 4.92 Å². The molecule has 1 amide bonds. The van der Waals surface area contributed by atoms with Gasteiger partial charge in [0.2, 0.25) is 0 Å². The fraction of sp³-hybridized carbons (Fsp3) is 0.267. The molecule has 0 saturated carbocycles. The highest BCUT2D eigenvalue weighted by atomic mass is 32.1. The molecule has 23 heavy (non-hydrogen) atoms. The number of thiophene rings is 1. The lowest BCUT2D eigenvalue weighted by molar-refractivity contribution is -0.380. The summed E-state index contributed by atoms with van der Waals surface area (Å²) >= 11 is 0.898. The van der Waals surface area contributed by atoms with Crippen LogP contribution in [0, 0.1) is 10.1 Å². The first-order valence-corrected chi connectivity index (χ1v) is 7.94. The van der Waals surface area contributed by atoms with Crippen LogP contribution in [-0.2, 0) is 0 Å². The Morgan fingerprint density at radius 2 is 1.83 bits per heavy atom. The van der Waals surface area contributed by atoms with E-state index in [-0.39, 0.29) is 16.7 Å². The minimum atomic E-state index is -0.489. The van der Waals surface area contributed by atoms with Crippen LogP contribution >= 0.6 is 11.3 Å². The number of amides is 1. The van der Waals surface area contributed by atoms with E-state index in [1.807, 2.05) is 17.0 Å². The van der Waals surface area contributed by atoms with E-state index in [0.29, 0.717) is 31.1 Å². The number of phenols is 1. The summed E-state index contributed by atoms with van der Waals surface area (Å²) in [5.41, 5.74) is 0.756. The molecule has 2 heterocycles. The average molecular weight is 333 g/mol. The summed E-state index contributed by atoms with van der Waals surface area (Å²) in [6.45, 7) is 2.24. The highest BCUT2D eigenvalue weighted by Crippen LogP contribution is 2.28. The molecule has 0 bridgehead atoms. The van der Waals surface area contributed by atoms with Crippen molar-refractivity contribution in [2.75, 3.05) is 31.1 Å². The van der Waals surface area contributed by atoms with Crippen molar-refractivity contribution in [2.45, 2.75) is 0 Å². The summed E-state index contributed by atoms with van der Waals surface area (Å²) in [6.07, 6.45) is 0. The fourth-order valence-corrected chi connectivity index (χ4v) is 3.37. The molecule has 3 rings (SSSR count). The Morgan fingerprint density at radius 3 is 2.43 bits per heavy atom. The predicted octanol–water partition coefficient (Wildman–Crippen LogP) is 2.32. The molecule has 1 aliphatic heterocycles. The monoisotopic (exact) mass is 333 g/mol. The normalized spacial score (nSPS) is 14.8. The number of benzene rings is 1. The standard InChI is InChI=1S/C15H15N3O4S/c19-12-4-2-1-3-11(12)16-7-9-17(10-8-16)15(20)13-5-6-14(23-13)18(21)22/h1-6,19H,7-10H2. The van der Waals surface area contributed by atoms with Gasteiger partial charge in [0.25, 0.3) is 5.91 Å². The summed E-state index contributed by atoms with van der Waals surface area (Å²) < 4.78 is 0. The molecule has 0 unspecified atom stereocenters. The van der Waals surface area contributed by atoms with Gasteiger partial charge in [0, 0.05) is 32.2 Å². The second kappa shape index (κ2) is 6.25. The van der Waals surface area contributed by atoms with E-state index in [0.717, 1.165) is 17.0 Å². The molecule has 0 radical (unpaired) electrons. The molecule has 0 spiro atoms. The molecule has 1 fully saturated rings. The van der Waals surface area contributed by atoms with Crippen molar-refractivity contribution in [1.82, 2.24) is 4.90 Å². The Morgan fingerprint density at radius 1 is 1.13 bits per heavy atom. The maximum atomic E-state index is 12.4. The molecule has 0 aliphatic carbocycles. The topological polar surface area (TPSA) is 86.9 Å². The van der Waals surface area contributed by atoms with Crippen LogP contribution in [0.2, 0.25) is 0 Å². The lowest BCUT2D eigenvalue weighted by Crippen LogP contribution is -2.48. The van der Waals surface area contributed by atoms with Gasteiger partial charge in [-0.15, -0.1) is 0 Å². The largest absolute Gasteiger partial charge is 0.506 e. The lowest BCUT2D eigenvalue weighted by atomic mass is 10.2. The number of aromatic hydroxyl groups is 1. The van der Waals surface area contributed by atoms with Gasteiger partial charge in [0.1, 0.15) is 5.75 Å². The van der Waals surface area contributed by atoms with E-state index in [1.165, 1.54) is 12.1 Å². The molecule has 1 saturated heterocycles. The minimum Gasteiger partial charge on any atom is -0.506 e. The van der Waals surface area contributed by atoms with Crippen molar-refractivity contribution >= 4 is 27.9 Å². The van der Waals surface area contributed by atoms with Gasteiger partial charge in [-0.05, 0) is 18.2 Å². The van der Waals surface area contributed by atoms with Gasteiger partial charge in [-0.2, -0.15) is 0 Å². The van der Waals surface area contributed by atoms with Crippen LogP contribution in [0.1, 0.15) is 9.67 Å². The first-order chi connectivity index (χ1) is 11.1. The van der Waals surface area contributed by atoms with E-state index in [4.69, 9.17) is 0 Å². The molecule has 1 aromatic carbocycles. The van der Waals surface area contributed by atoms with Crippen LogP contribution in [0.3, 0.4) is 0 Å². The molecule has 120 valence electrons. The molecule has 2 aromatic rings. The van der Waals surface area contributed by atoms with Crippen molar-refractivity contribution in [3.8, 4) is 5.75 Å². The number of hydrogen-bond donors (Lipinski definition) is 1. The minimum absolute atomic E-state index is 0.0267. The third-order valence-electron chi connectivity index (χ3n) is 3.77. The SMILES string of the molecule is O=C(c1ccc([N+](=O)[O-])s1)N1CCN(c2ccccc2O)CC1. The molecule has 1 N–H and O–H groups in total. The number of para-hydroxylation sites is 2. The third-order valence-corrected chi connectivity index (χ3v) is 4.80. The smallest absolute Gasteiger partial charge is 0.324 e. The number of carbonyl (C=O) groups is 1. The molecule has 1 aliphatic rings. The number of phenolic OH excluding ortho intramolecular Hbond substituents is 1. The highest BCUT2D eigenvalue weighted by Gasteiger charge is 2.25. The summed E-state index contributed by atoms with van der Waals surface area (Å²) in [5.74, 6) is 0.0428. The van der Waals surface area contributed by atoms with Crippen LogP contribution in [0.5, 0.6) is 5.75 Å². The first kappa shape index (κ1) is 15.3. The predicted molar refractivity (Wildman–Crippen MR) is 87.2 cm³/mol. The molecular weight excluding hydrogens is 318 g/mol. The van der Waals surface area contributed by atoms with Crippen molar-refractivity contribution < 1.29 is 14.8 Å². The van der Waals surface area contributed by atoms with Gasteiger partial charge in [0.05, 0.1) is 15.5 Å². The summed E-state index contributed by atoms with van der Waals surface area (Å²) in [5, 5.41) is 20.6. The van der Waals surface area contributed by atoms with Crippen LogP contribution in [0.4, 0.5) is 10.7 Å². The number of anilines is 1. The van der Waals surface area contributed by atoms with Gasteiger partial charge >= 0.3 is 5.00 Å².